The van der Waals surface area contributed by atoms with E-state index in [-0.39, 0.29) is 6.04 Å². The van der Waals surface area contributed by atoms with Crippen LogP contribution in [0.3, 0.4) is 0 Å². The van der Waals surface area contributed by atoms with Crippen molar-refractivity contribution in [1.82, 2.24) is 5.32 Å². The van der Waals surface area contributed by atoms with E-state index in [1.54, 1.807) is 12.1 Å². The molecule has 2 N–H and O–H groups in total. The van der Waals surface area contributed by atoms with Crippen LogP contribution >= 0.6 is 0 Å². The van der Waals surface area contributed by atoms with Gasteiger partial charge in [0, 0.05) is 18.3 Å². The normalized spacial score (nSPS) is 18.3. The van der Waals surface area contributed by atoms with Crippen molar-refractivity contribution >= 4 is 33.2 Å². The molecule has 1 aliphatic carbocycles. The first-order valence-corrected chi connectivity index (χ1v) is 11.4. The van der Waals surface area contributed by atoms with Gasteiger partial charge in [0.2, 0.25) is 10.0 Å². The lowest BCUT2D eigenvalue weighted by Crippen LogP contribution is -2.41. The maximum Gasteiger partial charge on any atom is 0.313 e. The standard InChI is InChI=1S/C19H27N3O4S/c1-27(25,26)22-12-6-7-14-10-11-16(13-17(14)22)21-19(24)18(23)20-15-8-4-2-3-5-9-15/h10-11,13,15H,2-9,12H2,1H3,(H,20,23)(H,21,24). The minimum atomic E-state index is -3.38. The lowest BCUT2D eigenvalue weighted by Gasteiger charge is -2.29. The van der Waals surface area contributed by atoms with Gasteiger partial charge in [-0.25, -0.2) is 8.42 Å². The largest absolute Gasteiger partial charge is 0.345 e. The fraction of sp³-hybridized carbons (Fsp3) is 0.579. The molecule has 8 heteroatoms. The van der Waals surface area contributed by atoms with Gasteiger partial charge in [-0.2, -0.15) is 0 Å². The first-order valence-electron chi connectivity index (χ1n) is 9.57. The Morgan fingerprint density at radius 2 is 1.74 bits per heavy atom. The maximum atomic E-state index is 12.3. The number of carbonyl (C=O) groups is 2. The third-order valence-electron chi connectivity index (χ3n) is 5.22. The Labute approximate surface area is 160 Å². The number of anilines is 2. The van der Waals surface area contributed by atoms with Crippen LogP contribution in [0.25, 0.3) is 0 Å². The topological polar surface area (TPSA) is 95.6 Å². The highest BCUT2D eigenvalue weighted by Gasteiger charge is 2.25. The Morgan fingerprint density at radius 1 is 1.04 bits per heavy atom. The molecule has 0 radical (unpaired) electrons. The van der Waals surface area contributed by atoms with E-state index in [1.165, 1.54) is 23.4 Å². The minimum Gasteiger partial charge on any atom is -0.345 e. The van der Waals surface area contributed by atoms with Crippen molar-refractivity contribution in [2.24, 2.45) is 0 Å². The average Bonchev–Trinajstić information content (AvgIpc) is 2.89. The van der Waals surface area contributed by atoms with Gasteiger partial charge < -0.3 is 10.6 Å². The molecule has 0 spiro atoms. The number of carbonyl (C=O) groups excluding carboxylic acids is 2. The highest BCUT2D eigenvalue weighted by atomic mass is 32.2. The summed E-state index contributed by atoms with van der Waals surface area (Å²) < 4.78 is 25.4. The number of fused-ring (bicyclic) bond motifs is 1. The maximum absolute atomic E-state index is 12.3. The lowest BCUT2D eigenvalue weighted by molar-refractivity contribution is -0.136. The summed E-state index contributed by atoms with van der Waals surface area (Å²) in [5, 5.41) is 5.41. The van der Waals surface area contributed by atoms with Crippen molar-refractivity contribution < 1.29 is 18.0 Å². The van der Waals surface area contributed by atoms with Crippen molar-refractivity contribution in [3.05, 3.63) is 23.8 Å². The van der Waals surface area contributed by atoms with Crippen LogP contribution in [-0.4, -0.2) is 39.1 Å². The molecule has 7 nitrogen and oxygen atoms in total. The third-order valence-corrected chi connectivity index (χ3v) is 6.40. The van der Waals surface area contributed by atoms with Crippen molar-refractivity contribution in [3.8, 4) is 0 Å². The molecule has 1 saturated carbocycles. The SMILES string of the molecule is CS(=O)(=O)N1CCCc2ccc(NC(=O)C(=O)NC3CCCCCC3)cc21. The summed E-state index contributed by atoms with van der Waals surface area (Å²) in [6.07, 6.45) is 9.01. The molecule has 0 unspecified atom stereocenters. The number of nitrogens with one attached hydrogen (secondary N) is 2. The fourth-order valence-electron chi connectivity index (χ4n) is 3.83. The Kier molecular flexibility index (Phi) is 6.04. The quantitative estimate of drug-likeness (QED) is 0.608. The van der Waals surface area contributed by atoms with Crippen molar-refractivity contribution in [2.45, 2.75) is 57.4 Å². The molecule has 1 fully saturated rings. The summed E-state index contributed by atoms with van der Waals surface area (Å²) in [5.41, 5.74) is 1.92. The van der Waals surface area contributed by atoms with Crippen LogP contribution in [0.4, 0.5) is 11.4 Å². The number of amides is 2. The van der Waals surface area contributed by atoms with Crippen LogP contribution in [0.5, 0.6) is 0 Å². The van der Waals surface area contributed by atoms with Crippen molar-refractivity contribution in [1.29, 1.82) is 0 Å². The zero-order chi connectivity index (χ0) is 19.4. The van der Waals surface area contributed by atoms with Crippen molar-refractivity contribution in [2.75, 3.05) is 22.4 Å². The number of rotatable bonds is 3. The van der Waals surface area contributed by atoms with Gasteiger partial charge in [-0.3, -0.25) is 13.9 Å². The van der Waals surface area contributed by atoms with Crippen LogP contribution in [0.15, 0.2) is 18.2 Å². The molecule has 1 heterocycles. The number of hydrogen-bond acceptors (Lipinski definition) is 4. The fourth-order valence-corrected chi connectivity index (χ4v) is 4.81. The van der Waals surface area contributed by atoms with Gasteiger partial charge in [0.25, 0.3) is 0 Å². The monoisotopic (exact) mass is 393 g/mol. The molecule has 1 aromatic rings. The molecule has 0 atom stereocenters. The number of hydrogen-bond donors (Lipinski definition) is 2. The second-order valence-corrected chi connectivity index (χ2v) is 9.31. The summed E-state index contributed by atoms with van der Waals surface area (Å²) >= 11 is 0. The summed E-state index contributed by atoms with van der Waals surface area (Å²) in [4.78, 5) is 24.5. The van der Waals surface area contributed by atoms with E-state index in [1.807, 2.05) is 6.07 Å². The first kappa shape index (κ1) is 19.7. The number of sulfonamides is 1. The number of aryl methyl sites for hydroxylation is 1. The van der Waals surface area contributed by atoms with Crippen LogP contribution in [0.2, 0.25) is 0 Å². The molecule has 0 saturated heterocycles. The van der Waals surface area contributed by atoms with E-state index in [2.05, 4.69) is 10.6 Å². The van der Waals surface area contributed by atoms with Crippen LogP contribution in [0.1, 0.15) is 50.5 Å². The molecule has 0 bridgehead atoms. The molecule has 2 aliphatic rings. The van der Waals surface area contributed by atoms with E-state index >= 15 is 0 Å². The molecule has 148 valence electrons. The molecule has 0 aromatic heterocycles. The molecular weight excluding hydrogens is 366 g/mol. The molecule has 27 heavy (non-hydrogen) atoms. The van der Waals surface area contributed by atoms with Gasteiger partial charge in [0.15, 0.2) is 0 Å². The molecule has 2 amide bonds. The van der Waals surface area contributed by atoms with Gasteiger partial charge in [-0.05, 0) is 43.4 Å². The summed E-state index contributed by atoms with van der Waals surface area (Å²) in [6, 6.07) is 5.20. The average molecular weight is 394 g/mol. The second kappa shape index (κ2) is 8.29. The lowest BCUT2D eigenvalue weighted by atomic mass is 10.0. The Bertz CT molecular complexity index is 814. The van der Waals surface area contributed by atoms with Crippen molar-refractivity contribution in [3.63, 3.8) is 0 Å². The second-order valence-electron chi connectivity index (χ2n) is 7.40. The highest BCUT2D eigenvalue weighted by molar-refractivity contribution is 7.92. The number of benzene rings is 1. The van der Waals surface area contributed by atoms with E-state index in [0.717, 1.165) is 44.1 Å². The predicted molar refractivity (Wildman–Crippen MR) is 105 cm³/mol. The highest BCUT2D eigenvalue weighted by Crippen LogP contribution is 2.31. The summed E-state index contributed by atoms with van der Waals surface area (Å²) in [5.74, 6) is -1.36. The molecule has 3 rings (SSSR count). The summed E-state index contributed by atoms with van der Waals surface area (Å²) in [6.45, 7) is 0.422. The Balaban J connectivity index is 1.68. The Morgan fingerprint density at radius 3 is 2.41 bits per heavy atom. The van der Waals surface area contributed by atoms with E-state index in [4.69, 9.17) is 0 Å². The summed E-state index contributed by atoms with van der Waals surface area (Å²) in [7, 11) is -3.38. The first-order chi connectivity index (χ1) is 12.8. The number of nitrogens with zero attached hydrogens (tertiary/aromatic N) is 1. The van der Waals surface area contributed by atoms with Gasteiger partial charge in [0.05, 0.1) is 11.9 Å². The minimum absolute atomic E-state index is 0.0509. The van der Waals surface area contributed by atoms with Crippen LogP contribution < -0.4 is 14.9 Å². The van der Waals surface area contributed by atoms with Gasteiger partial charge >= 0.3 is 11.8 Å². The zero-order valence-electron chi connectivity index (χ0n) is 15.7. The van der Waals surface area contributed by atoms with E-state index < -0.39 is 21.8 Å². The predicted octanol–water partition coefficient (Wildman–Crippen LogP) is 2.18. The van der Waals surface area contributed by atoms with Crippen LogP contribution in [0, 0.1) is 0 Å². The molecule has 1 aliphatic heterocycles. The van der Waals surface area contributed by atoms with E-state index in [9.17, 15) is 18.0 Å². The Hall–Kier alpha value is -2.09. The van der Waals surface area contributed by atoms with Gasteiger partial charge in [-0.1, -0.05) is 31.7 Å². The smallest absolute Gasteiger partial charge is 0.313 e. The zero-order valence-corrected chi connectivity index (χ0v) is 16.5. The molecule has 1 aromatic carbocycles. The molecular formula is C19H27N3O4S. The third kappa shape index (κ3) is 5.00. The van der Waals surface area contributed by atoms with Crippen LogP contribution in [-0.2, 0) is 26.0 Å². The van der Waals surface area contributed by atoms with Gasteiger partial charge in [-0.15, -0.1) is 0 Å². The van der Waals surface area contributed by atoms with E-state index in [0.29, 0.717) is 17.9 Å². The van der Waals surface area contributed by atoms with Gasteiger partial charge in [0.1, 0.15) is 0 Å².